The third kappa shape index (κ3) is 5.13. The van der Waals surface area contributed by atoms with E-state index in [2.05, 4.69) is 220 Å². The van der Waals surface area contributed by atoms with Gasteiger partial charge in [0.1, 0.15) is 11.5 Å². The molecule has 7 heteroatoms. The topological polar surface area (TPSA) is 62.7 Å². The average Bonchev–Trinajstić information content (AvgIpc) is 4.15. The lowest BCUT2D eigenvalue weighted by Crippen LogP contribution is -2.32. The second kappa shape index (κ2) is 14.2. The van der Waals surface area contributed by atoms with E-state index in [1.54, 1.807) is 0 Å². The van der Waals surface area contributed by atoms with Crippen molar-refractivity contribution in [3.05, 3.63) is 253 Å². The maximum absolute atomic E-state index is 7.04. The van der Waals surface area contributed by atoms with Crippen molar-refractivity contribution in [2.45, 2.75) is 5.41 Å². The molecule has 2 aliphatic rings. The Hall–Kier alpha value is -9.59. The fourth-order valence-electron chi connectivity index (χ4n) is 12.4. The minimum atomic E-state index is -0.782. The molecule has 0 fully saturated rings. The summed E-state index contributed by atoms with van der Waals surface area (Å²) in [7, 11) is 0. The van der Waals surface area contributed by atoms with Crippen LogP contribution >= 0.6 is 0 Å². The number of rotatable bonds is 4. The number of hydrogen-bond donors (Lipinski definition) is 0. The highest BCUT2D eigenvalue weighted by atomic mass is 16.5. The van der Waals surface area contributed by atoms with E-state index >= 15 is 0 Å². The van der Waals surface area contributed by atoms with Crippen molar-refractivity contribution in [2.75, 3.05) is 0 Å². The summed E-state index contributed by atoms with van der Waals surface area (Å²) in [5.41, 5.74) is 17.4. The highest BCUT2D eigenvalue weighted by Crippen LogP contribution is 2.62. The zero-order valence-corrected chi connectivity index (χ0v) is 38.0. The quantitative estimate of drug-likeness (QED) is 0.176. The highest BCUT2D eigenvalue weighted by molar-refractivity contribution is 6.12. The second-order valence-electron chi connectivity index (χ2n) is 18.8. The Morgan fingerprint density at radius 3 is 1.28 bits per heavy atom. The second-order valence-corrected chi connectivity index (χ2v) is 18.8. The summed E-state index contributed by atoms with van der Waals surface area (Å²) in [6, 6.07) is 74.4. The Kier molecular flexibility index (Phi) is 7.69. The van der Waals surface area contributed by atoms with Crippen molar-refractivity contribution < 1.29 is 4.74 Å². The first kappa shape index (κ1) is 38.4. The molecule has 0 saturated heterocycles. The van der Waals surface area contributed by atoms with Gasteiger partial charge in [-0.15, -0.1) is 0 Å². The van der Waals surface area contributed by atoms with Gasteiger partial charge in [0.05, 0.1) is 73.7 Å². The molecule has 0 bridgehead atoms. The lowest BCUT2D eigenvalue weighted by molar-refractivity contribution is 0.436. The SMILES string of the molecule is c1cnc2c(c1)C1(c3cc(-c4ccc5c(c4)c4ccccc4n5-c4cncc(-n5c6ccccc6c6ccccc65)c4)ccc3Oc3ccc(-n4c5ccccc5c5ccccc54)cc31)c1cccnc1-2. The van der Waals surface area contributed by atoms with E-state index in [1.165, 1.54) is 26.9 Å². The lowest BCUT2D eigenvalue weighted by Gasteiger charge is -2.39. The molecule has 0 amide bonds. The molecule has 6 aromatic heterocycles. The molecule has 0 unspecified atom stereocenters. The molecular weight excluding hydrogens is 869 g/mol. The van der Waals surface area contributed by atoms with Gasteiger partial charge in [0, 0.05) is 61.5 Å². The molecular formula is C64H38N6O. The third-order valence-electron chi connectivity index (χ3n) is 15.3. The van der Waals surface area contributed by atoms with Gasteiger partial charge in [-0.25, -0.2) is 0 Å². The first-order valence-electron chi connectivity index (χ1n) is 24.1. The number of pyridine rings is 3. The van der Waals surface area contributed by atoms with Crippen molar-refractivity contribution in [2.24, 2.45) is 0 Å². The van der Waals surface area contributed by atoms with Crippen LogP contribution in [0.5, 0.6) is 11.5 Å². The molecule has 0 N–H and O–H groups in total. The summed E-state index contributed by atoms with van der Waals surface area (Å²) in [5.74, 6) is 1.62. The van der Waals surface area contributed by atoms with E-state index in [-0.39, 0.29) is 0 Å². The van der Waals surface area contributed by atoms with Crippen LogP contribution in [0.1, 0.15) is 22.3 Å². The summed E-state index contributed by atoms with van der Waals surface area (Å²) >= 11 is 0. The molecule has 7 heterocycles. The molecule has 14 aromatic rings. The smallest absolute Gasteiger partial charge is 0.132 e. The molecule has 8 aromatic carbocycles. The van der Waals surface area contributed by atoms with E-state index in [0.717, 1.165) is 112 Å². The van der Waals surface area contributed by atoms with Gasteiger partial charge in [-0.2, -0.15) is 0 Å². The highest BCUT2D eigenvalue weighted by Gasteiger charge is 2.52. The minimum Gasteiger partial charge on any atom is -0.457 e. The van der Waals surface area contributed by atoms with Crippen LogP contribution in [0.15, 0.2) is 231 Å². The Bertz CT molecular complexity index is 4440. The predicted molar refractivity (Wildman–Crippen MR) is 286 cm³/mol. The Labute approximate surface area is 406 Å². The molecule has 0 radical (unpaired) electrons. The molecule has 7 nitrogen and oxygen atoms in total. The van der Waals surface area contributed by atoms with Crippen molar-refractivity contribution >= 4 is 65.4 Å². The van der Waals surface area contributed by atoms with E-state index in [9.17, 15) is 0 Å². The Balaban J connectivity index is 0.892. The molecule has 0 atom stereocenters. The lowest BCUT2D eigenvalue weighted by atomic mass is 9.66. The van der Waals surface area contributed by atoms with Gasteiger partial charge in [-0.05, 0) is 113 Å². The van der Waals surface area contributed by atoms with Gasteiger partial charge in [-0.1, -0.05) is 115 Å². The van der Waals surface area contributed by atoms with Crippen molar-refractivity contribution in [3.63, 3.8) is 0 Å². The number of fused-ring (bicyclic) bond motifs is 18. The summed E-state index contributed by atoms with van der Waals surface area (Å²) in [6.45, 7) is 0. The van der Waals surface area contributed by atoms with E-state index in [1.807, 2.05) is 24.8 Å². The summed E-state index contributed by atoms with van der Waals surface area (Å²) in [4.78, 5) is 15.0. The summed E-state index contributed by atoms with van der Waals surface area (Å²) < 4.78 is 14.1. The molecule has 71 heavy (non-hydrogen) atoms. The number of hydrogen-bond acceptors (Lipinski definition) is 4. The van der Waals surface area contributed by atoms with Gasteiger partial charge in [0.15, 0.2) is 0 Å². The summed E-state index contributed by atoms with van der Waals surface area (Å²) in [5, 5.41) is 7.22. The molecule has 330 valence electrons. The van der Waals surface area contributed by atoms with Crippen molar-refractivity contribution in [1.82, 2.24) is 28.7 Å². The Morgan fingerprint density at radius 1 is 0.324 bits per heavy atom. The monoisotopic (exact) mass is 906 g/mol. The van der Waals surface area contributed by atoms with Gasteiger partial charge < -0.3 is 18.4 Å². The van der Waals surface area contributed by atoms with Gasteiger partial charge in [-0.3, -0.25) is 15.0 Å². The van der Waals surface area contributed by atoms with Crippen LogP contribution in [0.2, 0.25) is 0 Å². The maximum Gasteiger partial charge on any atom is 0.132 e. The Morgan fingerprint density at radius 2 is 0.746 bits per heavy atom. The summed E-state index contributed by atoms with van der Waals surface area (Å²) in [6.07, 6.45) is 7.71. The third-order valence-corrected chi connectivity index (χ3v) is 15.3. The molecule has 0 saturated carbocycles. The number of para-hydroxylation sites is 5. The first-order valence-corrected chi connectivity index (χ1v) is 24.1. The fourth-order valence-corrected chi connectivity index (χ4v) is 12.4. The van der Waals surface area contributed by atoms with Crippen molar-refractivity contribution in [3.8, 4) is 51.1 Å². The average molecular weight is 907 g/mol. The van der Waals surface area contributed by atoms with E-state index in [4.69, 9.17) is 19.7 Å². The number of benzene rings is 8. The molecule has 1 aliphatic heterocycles. The van der Waals surface area contributed by atoms with Gasteiger partial charge in [0.25, 0.3) is 0 Å². The fraction of sp³-hybridized carbons (Fsp3) is 0.0156. The van der Waals surface area contributed by atoms with E-state index in [0.29, 0.717) is 0 Å². The van der Waals surface area contributed by atoms with Gasteiger partial charge >= 0.3 is 0 Å². The van der Waals surface area contributed by atoms with E-state index < -0.39 is 5.41 Å². The molecule has 1 spiro atoms. The van der Waals surface area contributed by atoms with Crippen LogP contribution in [0, 0.1) is 0 Å². The zero-order chi connectivity index (χ0) is 46.4. The first-order chi connectivity index (χ1) is 35.2. The largest absolute Gasteiger partial charge is 0.457 e. The standard InChI is InChI=1S/C64H38N6O/c1-6-20-54-44(13-1)45-14-2-7-21-55(45)68(54)41-27-30-61-53(36-41)64(50-18-11-31-66-62(50)63-51(64)19-12-32-67-63)52-34-40(26-29-60(52)71-61)39-25-28-59-49(33-39)48-17-5-10-24-58(48)70(59)43-35-42(37-65-38-43)69-56-22-8-3-15-46(56)47-16-4-9-23-57(47)69/h1-38H. The number of ether oxygens (including phenoxy) is 1. The van der Waals surface area contributed by atoms with Crippen LogP contribution in [-0.4, -0.2) is 28.7 Å². The number of aromatic nitrogens is 6. The van der Waals surface area contributed by atoms with Crippen LogP contribution in [0.25, 0.3) is 105 Å². The molecule has 1 aliphatic carbocycles. The predicted octanol–water partition coefficient (Wildman–Crippen LogP) is 15.3. The van der Waals surface area contributed by atoms with Crippen molar-refractivity contribution in [1.29, 1.82) is 0 Å². The minimum absolute atomic E-state index is 0.782. The number of nitrogens with zero attached hydrogens (tertiary/aromatic N) is 6. The van der Waals surface area contributed by atoms with Crippen LogP contribution in [0.4, 0.5) is 0 Å². The van der Waals surface area contributed by atoms with Gasteiger partial charge in [0.2, 0.25) is 0 Å². The van der Waals surface area contributed by atoms with Crippen LogP contribution in [0.3, 0.4) is 0 Å². The maximum atomic E-state index is 7.04. The molecule has 16 rings (SSSR count). The van der Waals surface area contributed by atoms with Crippen LogP contribution in [-0.2, 0) is 5.41 Å². The van der Waals surface area contributed by atoms with Crippen LogP contribution < -0.4 is 4.74 Å². The zero-order valence-electron chi connectivity index (χ0n) is 38.0. The normalized spacial score (nSPS) is 13.3.